The molecular weight excluding hydrogens is 383 g/mol. The molecule has 0 radical (unpaired) electrons. The highest BCUT2D eigenvalue weighted by atomic mass is 19.1. The van der Waals surface area contributed by atoms with E-state index in [1.54, 1.807) is 21.3 Å². The van der Waals surface area contributed by atoms with Gasteiger partial charge in [-0.1, -0.05) is 0 Å². The van der Waals surface area contributed by atoms with Gasteiger partial charge in [-0.2, -0.15) is 0 Å². The summed E-state index contributed by atoms with van der Waals surface area (Å²) in [6.07, 6.45) is 0. The molecule has 0 unspecified atom stereocenters. The van der Waals surface area contributed by atoms with E-state index in [4.69, 9.17) is 19.2 Å². The van der Waals surface area contributed by atoms with Crippen LogP contribution in [-0.4, -0.2) is 39.4 Å². The molecule has 0 spiro atoms. The maximum absolute atomic E-state index is 14.8. The summed E-state index contributed by atoms with van der Waals surface area (Å²) in [6, 6.07) is 9.10. The molecule has 0 saturated carbocycles. The summed E-state index contributed by atoms with van der Waals surface area (Å²) in [7, 11) is 4.84. The van der Waals surface area contributed by atoms with Crippen molar-refractivity contribution in [2.75, 3.05) is 39.3 Å². The second kappa shape index (κ2) is 9.30. The van der Waals surface area contributed by atoms with Crippen LogP contribution in [0, 0.1) is 12.7 Å². The number of pyridine rings is 1. The molecule has 2 aromatic carbocycles. The quantitative estimate of drug-likeness (QED) is 0.498. The van der Waals surface area contributed by atoms with Crippen LogP contribution in [0.2, 0.25) is 0 Å². The highest BCUT2D eigenvalue weighted by Gasteiger charge is 2.21. The minimum Gasteiger partial charge on any atom is -0.496 e. The topological polar surface area (TPSA) is 43.8 Å². The molecular formula is C24H29FN2O3. The van der Waals surface area contributed by atoms with Crippen LogP contribution in [0.15, 0.2) is 30.3 Å². The Morgan fingerprint density at radius 3 is 2.13 bits per heavy atom. The molecule has 1 aromatic heterocycles. The summed E-state index contributed by atoms with van der Waals surface area (Å²) >= 11 is 0. The van der Waals surface area contributed by atoms with Crippen molar-refractivity contribution in [3.8, 4) is 22.8 Å². The summed E-state index contributed by atoms with van der Waals surface area (Å²) in [6.45, 7) is 8.25. The lowest BCUT2D eigenvalue weighted by Gasteiger charge is -2.24. The van der Waals surface area contributed by atoms with Gasteiger partial charge in [-0.15, -0.1) is 0 Å². The smallest absolute Gasteiger partial charge is 0.149 e. The van der Waals surface area contributed by atoms with Gasteiger partial charge in [0.2, 0.25) is 0 Å². The molecule has 0 bridgehead atoms. The van der Waals surface area contributed by atoms with Crippen molar-refractivity contribution in [3.05, 3.63) is 47.3 Å². The number of benzene rings is 2. The van der Waals surface area contributed by atoms with Crippen molar-refractivity contribution in [2.45, 2.75) is 27.4 Å². The van der Waals surface area contributed by atoms with Gasteiger partial charge < -0.3 is 19.1 Å². The number of halogens is 1. The van der Waals surface area contributed by atoms with Gasteiger partial charge in [-0.05, 0) is 62.2 Å². The Morgan fingerprint density at radius 2 is 1.60 bits per heavy atom. The molecule has 0 aliphatic rings. The molecule has 30 heavy (non-hydrogen) atoms. The molecule has 3 rings (SSSR count). The zero-order valence-electron chi connectivity index (χ0n) is 18.5. The summed E-state index contributed by atoms with van der Waals surface area (Å²) in [5, 5.41) is 0.800. The molecule has 0 fully saturated rings. The maximum Gasteiger partial charge on any atom is 0.149 e. The zero-order valence-corrected chi connectivity index (χ0v) is 18.5. The zero-order chi connectivity index (χ0) is 21.8. The van der Waals surface area contributed by atoms with Gasteiger partial charge >= 0.3 is 0 Å². The van der Waals surface area contributed by atoms with Gasteiger partial charge in [0.05, 0.1) is 32.1 Å². The van der Waals surface area contributed by atoms with Crippen LogP contribution in [0.25, 0.3) is 22.2 Å². The summed E-state index contributed by atoms with van der Waals surface area (Å²) in [5.74, 6) is 0.865. The largest absolute Gasteiger partial charge is 0.496 e. The monoisotopic (exact) mass is 412 g/mol. The molecule has 0 aliphatic carbocycles. The number of aromatic nitrogens is 1. The number of aryl methyl sites for hydroxylation is 1. The number of nitrogens with zero attached hydrogens (tertiary/aromatic N) is 2. The van der Waals surface area contributed by atoms with E-state index >= 15 is 0 Å². The van der Waals surface area contributed by atoms with E-state index in [1.807, 2.05) is 31.2 Å². The predicted molar refractivity (Wildman–Crippen MR) is 119 cm³/mol. The van der Waals surface area contributed by atoms with Crippen molar-refractivity contribution < 1.29 is 18.6 Å². The normalized spacial score (nSPS) is 11.0. The molecule has 3 aromatic rings. The lowest BCUT2D eigenvalue weighted by atomic mass is 9.99. The first-order chi connectivity index (χ1) is 14.5. The van der Waals surface area contributed by atoms with E-state index in [0.29, 0.717) is 34.9 Å². The minimum atomic E-state index is -0.351. The SMILES string of the molecule is CCN(CC)c1ccc(F)c2nc(-c3c(OC)cc(COC)cc3OC)c(C)cc12. The number of hydrogen-bond donors (Lipinski definition) is 0. The first-order valence-corrected chi connectivity index (χ1v) is 10.1. The van der Waals surface area contributed by atoms with E-state index in [1.165, 1.54) is 6.07 Å². The Morgan fingerprint density at radius 1 is 0.967 bits per heavy atom. The Labute approximate surface area is 177 Å². The van der Waals surface area contributed by atoms with Crippen LogP contribution in [0.1, 0.15) is 25.0 Å². The van der Waals surface area contributed by atoms with Gasteiger partial charge in [0.1, 0.15) is 22.8 Å². The molecule has 0 amide bonds. The Balaban J connectivity index is 2.30. The minimum absolute atomic E-state index is 0.338. The van der Waals surface area contributed by atoms with E-state index in [2.05, 4.69) is 18.7 Å². The third-order valence-electron chi connectivity index (χ3n) is 5.32. The highest BCUT2D eigenvalue weighted by Crippen LogP contribution is 2.42. The van der Waals surface area contributed by atoms with Crippen molar-refractivity contribution in [1.29, 1.82) is 0 Å². The fourth-order valence-electron chi connectivity index (χ4n) is 3.85. The molecule has 0 N–H and O–H groups in total. The molecule has 0 atom stereocenters. The van der Waals surface area contributed by atoms with Gasteiger partial charge in [0.25, 0.3) is 0 Å². The number of hydrogen-bond acceptors (Lipinski definition) is 5. The number of anilines is 1. The molecule has 5 nitrogen and oxygen atoms in total. The van der Waals surface area contributed by atoms with Crippen molar-refractivity contribution >= 4 is 16.6 Å². The second-order valence-electron chi connectivity index (χ2n) is 7.10. The number of ether oxygens (including phenoxy) is 3. The van der Waals surface area contributed by atoms with Crippen LogP contribution < -0.4 is 14.4 Å². The maximum atomic E-state index is 14.8. The lowest BCUT2D eigenvalue weighted by Crippen LogP contribution is -2.22. The van der Waals surface area contributed by atoms with Crippen LogP contribution in [-0.2, 0) is 11.3 Å². The van der Waals surface area contributed by atoms with Gasteiger partial charge in [-0.3, -0.25) is 0 Å². The molecule has 160 valence electrons. The van der Waals surface area contributed by atoms with Crippen LogP contribution in [0.4, 0.5) is 10.1 Å². The number of fused-ring (bicyclic) bond motifs is 1. The summed E-state index contributed by atoms with van der Waals surface area (Å²) in [5.41, 5.74) is 4.49. The van der Waals surface area contributed by atoms with Crippen molar-refractivity contribution in [2.24, 2.45) is 0 Å². The molecule has 1 heterocycles. The van der Waals surface area contributed by atoms with Gasteiger partial charge in [0.15, 0.2) is 0 Å². The predicted octanol–water partition coefficient (Wildman–Crippen LogP) is 5.36. The van der Waals surface area contributed by atoms with E-state index in [0.717, 1.165) is 35.3 Å². The average molecular weight is 413 g/mol. The fourth-order valence-corrected chi connectivity index (χ4v) is 3.85. The molecule has 6 heteroatoms. The van der Waals surface area contributed by atoms with E-state index < -0.39 is 0 Å². The third-order valence-corrected chi connectivity index (χ3v) is 5.32. The van der Waals surface area contributed by atoms with Gasteiger partial charge in [-0.25, -0.2) is 9.37 Å². The number of methoxy groups -OCH3 is 3. The summed E-state index contributed by atoms with van der Waals surface area (Å²) in [4.78, 5) is 6.95. The molecule has 0 saturated heterocycles. The van der Waals surface area contributed by atoms with Crippen LogP contribution in [0.3, 0.4) is 0 Å². The summed E-state index contributed by atoms with van der Waals surface area (Å²) < 4.78 is 31.4. The molecule has 0 aliphatic heterocycles. The lowest BCUT2D eigenvalue weighted by molar-refractivity contribution is 0.184. The average Bonchev–Trinajstić information content (AvgIpc) is 2.75. The van der Waals surface area contributed by atoms with Crippen molar-refractivity contribution in [1.82, 2.24) is 4.98 Å². The van der Waals surface area contributed by atoms with E-state index in [9.17, 15) is 4.39 Å². The van der Waals surface area contributed by atoms with Gasteiger partial charge in [0, 0.05) is 31.3 Å². The van der Waals surface area contributed by atoms with E-state index in [-0.39, 0.29) is 5.82 Å². The Kier molecular flexibility index (Phi) is 6.77. The fraction of sp³-hybridized carbons (Fsp3) is 0.375. The first kappa shape index (κ1) is 21.8. The third kappa shape index (κ3) is 3.92. The van der Waals surface area contributed by atoms with Crippen LogP contribution >= 0.6 is 0 Å². The van der Waals surface area contributed by atoms with Crippen LogP contribution in [0.5, 0.6) is 11.5 Å². The number of rotatable bonds is 8. The highest BCUT2D eigenvalue weighted by molar-refractivity contribution is 5.95. The first-order valence-electron chi connectivity index (χ1n) is 10.1. The van der Waals surface area contributed by atoms with Crippen molar-refractivity contribution in [3.63, 3.8) is 0 Å². The standard InChI is InChI=1S/C24H29FN2O3/c1-7-27(8-2)19-10-9-18(25)24-17(19)11-15(3)23(26-24)22-20(29-5)12-16(14-28-4)13-21(22)30-6/h9-13H,7-8,14H2,1-6H3. The Bertz CT molecular complexity index is 1020. The Hall–Kier alpha value is -2.86. The second-order valence-corrected chi connectivity index (χ2v) is 7.10.